The number of nitrogens with zero attached hydrogens (tertiary/aromatic N) is 1. The van der Waals surface area contributed by atoms with Crippen LogP contribution in [0.25, 0.3) is 0 Å². The zero-order valence-electron chi connectivity index (χ0n) is 15.6. The van der Waals surface area contributed by atoms with Crippen molar-refractivity contribution in [1.29, 1.82) is 0 Å². The molecular formula is C19H25Cl2NO4. The minimum atomic E-state index is -0.586. The lowest BCUT2D eigenvalue weighted by molar-refractivity contribution is -0.150. The van der Waals surface area contributed by atoms with E-state index in [-0.39, 0.29) is 25.0 Å². The second kappa shape index (κ2) is 8.49. The molecule has 2 atom stereocenters. The molecule has 1 aliphatic rings. The average molecular weight is 402 g/mol. The van der Waals surface area contributed by atoms with E-state index in [2.05, 4.69) is 0 Å². The Bertz CT molecular complexity index is 672. The number of halogens is 2. The predicted molar refractivity (Wildman–Crippen MR) is 102 cm³/mol. The first-order valence-corrected chi connectivity index (χ1v) is 9.47. The highest BCUT2D eigenvalue weighted by molar-refractivity contribution is 6.42. The van der Waals surface area contributed by atoms with Crippen molar-refractivity contribution in [3.8, 4) is 0 Å². The van der Waals surface area contributed by atoms with E-state index in [0.717, 1.165) is 5.56 Å². The Morgan fingerprint density at radius 3 is 2.50 bits per heavy atom. The molecule has 7 heteroatoms. The van der Waals surface area contributed by atoms with Gasteiger partial charge < -0.3 is 14.4 Å². The molecule has 1 heterocycles. The number of hydrogen-bond acceptors (Lipinski definition) is 4. The minimum absolute atomic E-state index is 0.0949. The second-order valence-corrected chi connectivity index (χ2v) is 8.17. The summed E-state index contributed by atoms with van der Waals surface area (Å²) in [5.74, 6) is -0.896. The smallest absolute Gasteiger partial charge is 0.410 e. The van der Waals surface area contributed by atoms with Gasteiger partial charge in [-0.25, -0.2) is 4.79 Å². The van der Waals surface area contributed by atoms with Crippen molar-refractivity contribution < 1.29 is 19.1 Å². The Morgan fingerprint density at radius 1 is 1.23 bits per heavy atom. The standard InChI is InChI=1S/C19H25Cl2NO4/c1-5-25-17(23)14-11-22(18(24)26-19(2,3)4)9-8-13(14)12-6-7-15(20)16(21)10-12/h6-7,10,13-14H,5,8-9,11H2,1-4H3/t13-,14-/m1/s1. The maximum Gasteiger partial charge on any atom is 0.410 e. The van der Waals surface area contributed by atoms with Crippen LogP contribution >= 0.6 is 23.2 Å². The third-order valence-electron chi connectivity index (χ3n) is 4.23. The molecule has 1 aliphatic heterocycles. The molecule has 1 aromatic rings. The van der Waals surface area contributed by atoms with Gasteiger partial charge in [0.2, 0.25) is 0 Å². The molecular weight excluding hydrogens is 377 g/mol. The lowest BCUT2D eigenvalue weighted by atomic mass is 9.80. The summed E-state index contributed by atoms with van der Waals surface area (Å²) in [7, 11) is 0. The number of ether oxygens (including phenoxy) is 2. The average Bonchev–Trinajstić information content (AvgIpc) is 2.55. The van der Waals surface area contributed by atoms with E-state index in [4.69, 9.17) is 32.7 Å². The van der Waals surface area contributed by atoms with Gasteiger partial charge in [-0.1, -0.05) is 29.3 Å². The molecule has 2 rings (SSSR count). The molecule has 0 spiro atoms. The minimum Gasteiger partial charge on any atom is -0.466 e. The summed E-state index contributed by atoms with van der Waals surface area (Å²) >= 11 is 12.1. The Balaban J connectivity index is 2.23. The summed E-state index contributed by atoms with van der Waals surface area (Å²) in [6, 6.07) is 5.37. The van der Waals surface area contributed by atoms with Gasteiger partial charge in [0.15, 0.2) is 0 Å². The van der Waals surface area contributed by atoms with Gasteiger partial charge in [0, 0.05) is 19.0 Å². The molecule has 144 valence electrons. The first kappa shape index (κ1) is 20.8. The van der Waals surface area contributed by atoms with Gasteiger partial charge in [-0.05, 0) is 51.8 Å². The van der Waals surface area contributed by atoms with E-state index in [1.165, 1.54) is 0 Å². The second-order valence-electron chi connectivity index (χ2n) is 7.35. The lowest BCUT2D eigenvalue weighted by Crippen LogP contribution is -2.47. The quantitative estimate of drug-likeness (QED) is 0.675. The first-order chi connectivity index (χ1) is 12.1. The van der Waals surface area contributed by atoms with Gasteiger partial charge in [0.25, 0.3) is 0 Å². The molecule has 0 aromatic heterocycles. The van der Waals surface area contributed by atoms with Crippen molar-refractivity contribution in [2.24, 2.45) is 5.92 Å². The van der Waals surface area contributed by atoms with Crippen molar-refractivity contribution in [3.05, 3.63) is 33.8 Å². The fraction of sp³-hybridized carbons (Fsp3) is 0.579. The normalized spacial score (nSPS) is 20.6. The zero-order chi connectivity index (χ0) is 19.5. The largest absolute Gasteiger partial charge is 0.466 e. The number of carbonyl (C=O) groups excluding carboxylic acids is 2. The van der Waals surface area contributed by atoms with E-state index < -0.39 is 17.6 Å². The van der Waals surface area contributed by atoms with Crippen LogP contribution < -0.4 is 0 Å². The summed E-state index contributed by atoms with van der Waals surface area (Å²) in [5.41, 5.74) is 0.332. The number of hydrogen-bond donors (Lipinski definition) is 0. The molecule has 0 bridgehead atoms. The topological polar surface area (TPSA) is 55.8 Å². The van der Waals surface area contributed by atoms with E-state index in [9.17, 15) is 9.59 Å². The molecule has 1 aromatic carbocycles. The van der Waals surface area contributed by atoms with Crippen LogP contribution in [-0.2, 0) is 14.3 Å². The van der Waals surface area contributed by atoms with Crippen molar-refractivity contribution in [3.63, 3.8) is 0 Å². The summed E-state index contributed by atoms with van der Waals surface area (Å²) < 4.78 is 10.7. The summed E-state index contributed by atoms with van der Waals surface area (Å²) in [4.78, 5) is 26.5. The fourth-order valence-corrected chi connectivity index (χ4v) is 3.38. The van der Waals surface area contributed by atoms with Crippen LogP contribution in [0.1, 0.15) is 45.6 Å². The van der Waals surface area contributed by atoms with Gasteiger partial charge in [-0.2, -0.15) is 0 Å². The van der Waals surface area contributed by atoms with E-state index in [1.54, 1.807) is 24.0 Å². The van der Waals surface area contributed by atoms with Gasteiger partial charge in [0.05, 0.1) is 22.6 Å². The highest BCUT2D eigenvalue weighted by Gasteiger charge is 2.39. The predicted octanol–water partition coefficient (Wildman–Crippen LogP) is 4.90. The monoisotopic (exact) mass is 401 g/mol. The van der Waals surface area contributed by atoms with Crippen molar-refractivity contribution in [2.75, 3.05) is 19.7 Å². The molecule has 26 heavy (non-hydrogen) atoms. The van der Waals surface area contributed by atoms with Crippen LogP contribution in [0.3, 0.4) is 0 Å². The van der Waals surface area contributed by atoms with Crippen LogP contribution in [0, 0.1) is 5.92 Å². The molecule has 0 radical (unpaired) electrons. The van der Waals surface area contributed by atoms with Crippen LogP contribution in [0.2, 0.25) is 10.0 Å². The Kier molecular flexibility index (Phi) is 6.80. The van der Waals surface area contributed by atoms with Crippen LogP contribution in [-0.4, -0.2) is 42.3 Å². The number of benzene rings is 1. The maximum absolute atomic E-state index is 12.5. The van der Waals surface area contributed by atoms with Crippen LogP contribution in [0.5, 0.6) is 0 Å². The lowest BCUT2D eigenvalue weighted by Gasteiger charge is -2.38. The SMILES string of the molecule is CCOC(=O)[C@@H]1CN(C(=O)OC(C)(C)C)CC[C@@H]1c1ccc(Cl)c(Cl)c1. The van der Waals surface area contributed by atoms with E-state index in [0.29, 0.717) is 23.0 Å². The number of rotatable bonds is 3. The molecule has 0 N–H and O–H groups in total. The third-order valence-corrected chi connectivity index (χ3v) is 4.96. The Hall–Kier alpha value is -1.46. The number of likely N-dealkylation sites (tertiary alicyclic amines) is 1. The van der Waals surface area contributed by atoms with Crippen LogP contribution in [0.15, 0.2) is 18.2 Å². The van der Waals surface area contributed by atoms with Crippen molar-refractivity contribution >= 4 is 35.3 Å². The molecule has 0 saturated carbocycles. The van der Waals surface area contributed by atoms with Gasteiger partial charge >= 0.3 is 12.1 Å². The van der Waals surface area contributed by atoms with Gasteiger partial charge in [-0.3, -0.25) is 4.79 Å². The number of esters is 1. The highest BCUT2D eigenvalue weighted by atomic mass is 35.5. The molecule has 1 amide bonds. The highest BCUT2D eigenvalue weighted by Crippen LogP contribution is 2.37. The van der Waals surface area contributed by atoms with Gasteiger partial charge in [0.1, 0.15) is 5.60 Å². The molecule has 1 saturated heterocycles. The van der Waals surface area contributed by atoms with Gasteiger partial charge in [-0.15, -0.1) is 0 Å². The molecule has 0 unspecified atom stereocenters. The number of amides is 1. The molecule has 1 fully saturated rings. The Morgan fingerprint density at radius 2 is 1.92 bits per heavy atom. The third kappa shape index (κ3) is 5.27. The zero-order valence-corrected chi connectivity index (χ0v) is 17.1. The summed E-state index contributed by atoms with van der Waals surface area (Å²) in [6.45, 7) is 8.24. The molecule has 0 aliphatic carbocycles. The van der Waals surface area contributed by atoms with E-state index >= 15 is 0 Å². The van der Waals surface area contributed by atoms with Crippen LogP contribution in [0.4, 0.5) is 4.79 Å². The Labute approximate surface area is 164 Å². The number of piperidine rings is 1. The maximum atomic E-state index is 12.5. The number of carbonyl (C=O) groups is 2. The summed E-state index contributed by atoms with van der Waals surface area (Å²) in [5, 5.41) is 0.913. The molecule has 5 nitrogen and oxygen atoms in total. The van der Waals surface area contributed by atoms with Crippen molar-refractivity contribution in [1.82, 2.24) is 4.90 Å². The van der Waals surface area contributed by atoms with Crippen molar-refractivity contribution in [2.45, 2.75) is 45.6 Å². The first-order valence-electron chi connectivity index (χ1n) is 8.72. The summed E-state index contributed by atoms with van der Waals surface area (Å²) in [6.07, 6.45) is 0.195. The fourth-order valence-electron chi connectivity index (χ4n) is 3.07. The van der Waals surface area contributed by atoms with E-state index in [1.807, 2.05) is 26.8 Å².